The van der Waals surface area contributed by atoms with Crippen LogP contribution in [0.4, 0.5) is 5.69 Å². The van der Waals surface area contributed by atoms with Crippen molar-refractivity contribution in [1.82, 2.24) is 0 Å². The Morgan fingerprint density at radius 1 is 0.857 bits per heavy atom. The van der Waals surface area contributed by atoms with Crippen LogP contribution < -0.4 is 9.64 Å². The average Bonchev–Trinajstić information content (AvgIpc) is 3.08. The molecule has 0 atom stereocenters. The molecule has 0 unspecified atom stereocenters. The third-order valence-corrected chi connectivity index (χ3v) is 4.03. The van der Waals surface area contributed by atoms with Crippen LogP contribution in [0.1, 0.15) is 24.8 Å². The number of ether oxygens (including phenoxy) is 1. The standard InChI is InChI=1S/C19H23NO/c1-2-7-17(8-3-1)9-6-16-21-19-12-10-18(11-13-19)20-14-4-5-15-20/h1-3,7-8,10-13H,4-6,9,14-16H2. The van der Waals surface area contributed by atoms with Gasteiger partial charge >= 0.3 is 0 Å². The second-order valence-corrected chi connectivity index (χ2v) is 5.63. The minimum atomic E-state index is 0.776. The van der Waals surface area contributed by atoms with Crippen molar-refractivity contribution in [2.24, 2.45) is 0 Å². The normalized spacial score (nSPS) is 14.4. The highest BCUT2D eigenvalue weighted by Gasteiger charge is 2.11. The number of benzene rings is 2. The van der Waals surface area contributed by atoms with Gasteiger partial charge in [-0.2, -0.15) is 0 Å². The van der Waals surface area contributed by atoms with Crippen molar-refractivity contribution in [2.45, 2.75) is 25.7 Å². The largest absolute Gasteiger partial charge is 0.494 e. The summed E-state index contributed by atoms with van der Waals surface area (Å²) < 4.78 is 5.83. The van der Waals surface area contributed by atoms with Crippen LogP contribution in [0.5, 0.6) is 5.75 Å². The molecule has 1 fully saturated rings. The van der Waals surface area contributed by atoms with Gasteiger partial charge in [0.15, 0.2) is 0 Å². The van der Waals surface area contributed by atoms with Gasteiger partial charge in [-0.15, -0.1) is 0 Å². The first kappa shape index (κ1) is 14.0. The molecule has 0 aromatic heterocycles. The van der Waals surface area contributed by atoms with E-state index < -0.39 is 0 Å². The molecule has 0 saturated carbocycles. The summed E-state index contributed by atoms with van der Waals surface area (Å²) in [6.07, 6.45) is 4.76. The maximum atomic E-state index is 5.83. The summed E-state index contributed by atoms with van der Waals surface area (Å²) in [7, 11) is 0. The van der Waals surface area contributed by atoms with E-state index in [0.29, 0.717) is 0 Å². The molecule has 0 radical (unpaired) electrons. The Morgan fingerprint density at radius 3 is 2.29 bits per heavy atom. The number of rotatable bonds is 6. The lowest BCUT2D eigenvalue weighted by Crippen LogP contribution is -2.17. The van der Waals surface area contributed by atoms with Crippen molar-refractivity contribution in [1.29, 1.82) is 0 Å². The molecular formula is C19H23NO. The smallest absolute Gasteiger partial charge is 0.119 e. The van der Waals surface area contributed by atoms with Gasteiger partial charge in [0.2, 0.25) is 0 Å². The van der Waals surface area contributed by atoms with Crippen LogP contribution in [0.15, 0.2) is 54.6 Å². The summed E-state index contributed by atoms with van der Waals surface area (Å²) in [5.41, 5.74) is 2.70. The van der Waals surface area contributed by atoms with E-state index in [4.69, 9.17) is 4.74 Å². The van der Waals surface area contributed by atoms with Crippen molar-refractivity contribution < 1.29 is 4.74 Å². The molecule has 0 spiro atoms. The van der Waals surface area contributed by atoms with Gasteiger partial charge in [-0.25, -0.2) is 0 Å². The first-order valence-electron chi connectivity index (χ1n) is 7.93. The van der Waals surface area contributed by atoms with Crippen LogP contribution >= 0.6 is 0 Å². The molecule has 0 amide bonds. The average molecular weight is 281 g/mol. The van der Waals surface area contributed by atoms with Crippen molar-refractivity contribution in [2.75, 3.05) is 24.6 Å². The molecule has 0 bridgehead atoms. The predicted octanol–water partition coefficient (Wildman–Crippen LogP) is 4.30. The van der Waals surface area contributed by atoms with Crippen LogP contribution in [0.3, 0.4) is 0 Å². The predicted molar refractivity (Wildman–Crippen MR) is 88.1 cm³/mol. The van der Waals surface area contributed by atoms with Gasteiger partial charge in [0.05, 0.1) is 6.61 Å². The summed E-state index contributed by atoms with van der Waals surface area (Å²) in [5, 5.41) is 0. The monoisotopic (exact) mass is 281 g/mol. The molecule has 2 heteroatoms. The number of anilines is 1. The maximum absolute atomic E-state index is 5.83. The zero-order chi connectivity index (χ0) is 14.3. The van der Waals surface area contributed by atoms with E-state index in [9.17, 15) is 0 Å². The van der Waals surface area contributed by atoms with E-state index >= 15 is 0 Å². The van der Waals surface area contributed by atoms with E-state index in [-0.39, 0.29) is 0 Å². The van der Waals surface area contributed by atoms with Gasteiger partial charge in [0, 0.05) is 18.8 Å². The highest BCUT2D eigenvalue weighted by molar-refractivity contribution is 5.49. The lowest BCUT2D eigenvalue weighted by Gasteiger charge is -2.17. The third kappa shape index (κ3) is 4.01. The second kappa shape index (κ2) is 7.16. The van der Waals surface area contributed by atoms with E-state index in [0.717, 1.165) is 25.2 Å². The van der Waals surface area contributed by atoms with Crippen LogP contribution in [-0.4, -0.2) is 19.7 Å². The van der Waals surface area contributed by atoms with Gasteiger partial charge < -0.3 is 9.64 Å². The molecule has 110 valence electrons. The highest BCUT2D eigenvalue weighted by Crippen LogP contribution is 2.23. The first-order chi connectivity index (χ1) is 10.4. The van der Waals surface area contributed by atoms with Crippen molar-refractivity contribution in [3.63, 3.8) is 0 Å². The lowest BCUT2D eigenvalue weighted by atomic mass is 10.1. The number of hydrogen-bond donors (Lipinski definition) is 0. The van der Waals surface area contributed by atoms with Crippen LogP contribution in [-0.2, 0) is 6.42 Å². The van der Waals surface area contributed by atoms with Crippen molar-refractivity contribution in [3.8, 4) is 5.75 Å². The molecule has 2 aromatic rings. The Hall–Kier alpha value is -1.96. The SMILES string of the molecule is c1ccc(CCCOc2ccc(N3CCCC3)cc2)cc1. The molecular weight excluding hydrogens is 258 g/mol. The molecule has 2 aromatic carbocycles. The minimum absolute atomic E-state index is 0.776. The fraction of sp³-hybridized carbons (Fsp3) is 0.368. The van der Waals surface area contributed by atoms with Crippen LogP contribution in [0.25, 0.3) is 0 Å². The van der Waals surface area contributed by atoms with Gasteiger partial charge in [0.1, 0.15) is 5.75 Å². The Balaban J connectivity index is 1.43. The zero-order valence-electron chi connectivity index (χ0n) is 12.5. The zero-order valence-corrected chi connectivity index (χ0v) is 12.5. The van der Waals surface area contributed by atoms with Crippen LogP contribution in [0, 0.1) is 0 Å². The first-order valence-corrected chi connectivity index (χ1v) is 7.93. The topological polar surface area (TPSA) is 12.5 Å². The minimum Gasteiger partial charge on any atom is -0.494 e. The lowest BCUT2D eigenvalue weighted by molar-refractivity contribution is 0.311. The van der Waals surface area contributed by atoms with E-state index in [1.54, 1.807) is 0 Å². The van der Waals surface area contributed by atoms with E-state index in [1.165, 1.54) is 37.2 Å². The Kier molecular flexibility index (Phi) is 4.78. The summed E-state index contributed by atoms with van der Waals surface area (Å²) in [6, 6.07) is 19.1. The van der Waals surface area contributed by atoms with Gasteiger partial charge in [-0.3, -0.25) is 0 Å². The third-order valence-electron chi connectivity index (χ3n) is 4.03. The quantitative estimate of drug-likeness (QED) is 0.732. The number of aryl methyl sites for hydroxylation is 1. The fourth-order valence-electron chi connectivity index (χ4n) is 2.84. The fourth-order valence-corrected chi connectivity index (χ4v) is 2.84. The maximum Gasteiger partial charge on any atom is 0.119 e. The van der Waals surface area contributed by atoms with Gasteiger partial charge in [-0.05, 0) is 55.5 Å². The molecule has 2 nitrogen and oxygen atoms in total. The number of hydrogen-bond acceptors (Lipinski definition) is 2. The van der Waals surface area contributed by atoms with E-state index in [1.807, 2.05) is 0 Å². The molecule has 1 aliphatic heterocycles. The Morgan fingerprint density at radius 2 is 1.57 bits per heavy atom. The van der Waals surface area contributed by atoms with Crippen molar-refractivity contribution >= 4 is 5.69 Å². The Bertz CT molecular complexity index is 529. The van der Waals surface area contributed by atoms with Gasteiger partial charge in [-0.1, -0.05) is 30.3 Å². The summed E-state index contributed by atoms with van der Waals surface area (Å²) >= 11 is 0. The molecule has 1 aliphatic rings. The van der Waals surface area contributed by atoms with Gasteiger partial charge in [0.25, 0.3) is 0 Å². The molecule has 1 saturated heterocycles. The molecule has 21 heavy (non-hydrogen) atoms. The summed E-state index contributed by atoms with van der Waals surface area (Å²) in [6.45, 7) is 3.16. The molecule has 0 N–H and O–H groups in total. The Labute approximate surface area is 127 Å². The summed E-state index contributed by atoms with van der Waals surface area (Å²) in [4.78, 5) is 2.44. The second-order valence-electron chi connectivity index (χ2n) is 5.63. The molecule has 3 rings (SSSR count). The van der Waals surface area contributed by atoms with Crippen molar-refractivity contribution in [3.05, 3.63) is 60.2 Å². The highest BCUT2D eigenvalue weighted by atomic mass is 16.5. The molecule has 1 heterocycles. The van der Waals surface area contributed by atoms with E-state index in [2.05, 4.69) is 59.5 Å². The number of nitrogens with zero attached hydrogens (tertiary/aromatic N) is 1. The van der Waals surface area contributed by atoms with Crippen LogP contribution in [0.2, 0.25) is 0 Å². The molecule has 0 aliphatic carbocycles. The summed E-state index contributed by atoms with van der Waals surface area (Å²) in [5.74, 6) is 0.978.